The number of benzene rings is 2. The van der Waals surface area contributed by atoms with Gasteiger partial charge in [-0.15, -0.1) is 0 Å². The number of hydrogen-bond donors (Lipinski definition) is 2. The molecule has 2 aromatic carbocycles. The van der Waals surface area contributed by atoms with Crippen molar-refractivity contribution in [3.8, 4) is 11.5 Å². The molecule has 6 heteroatoms. The second-order valence-electron chi connectivity index (χ2n) is 7.57. The van der Waals surface area contributed by atoms with Gasteiger partial charge in [-0.2, -0.15) is 0 Å². The molecule has 0 spiro atoms. The average Bonchev–Trinajstić information content (AvgIpc) is 2.71. The smallest absolute Gasteiger partial charge is 0.251 e. The van der Waals surface area contributed by atoms with Crippen LogP contribution in [-0.4, -0.2) is 31.6 Å². The topological polar surface area (TPSA) is 76.7 Å². The van der Waals surface area contributed by atoms with Gasteiger partial charge >= 0.3 is 0 Å². The van der Waals surface area contributed by atoms with Crippen LogP contribution in [-0.2, 0) is 4.79 Å². The molecule has 0 aromatic heterocycles. The standard InChI is InChI=1S/C23H28N2O4/c1-15(2)22(17-7-8-19-20(14-17)29-12-11-28-19)25-21(26)9-10-24-23(27)18-6-4-5-16(3)13-18/h4-8,13-15,22H,9-12H2,1-3H3,(H,24,27)(H,25,26). The van der Waals surface area contributed by atoms with E-state index in [0.29, 0.717) is 24.5 Å². The van der Waals surface area contributed by atoms with Gasteiger partial charge in [0.15, 0.2) is 11.5 Å². The predicted octanol–water partition coefficient (Wildman–Crippen LogP) is 3.40. The molecule has 6 nitrogen and oxygen atoms in total. The Balaban J connectivity index is 1.55. The molecule has 2 aromatic rings. The minimum atomic E-state index is -0.172. The maximum absolute atomic E-state index is 12.5. The largest absolute Gasteiger partial charge is 0.486 e. The zero-order valence-electron chi connectivity index (χ0n) is 17.2. The van der Waals surface area contributed by atoms with E-state index >= 15 is 0 Å². The lowest BCUT2D eigenvalue weighted by Gasteiger charge is -2.25. The quantitative estimate of drug-likeness (QED) is 0.752. The van der Waals surface area contributed by atoms with Crippen LogP contribution in [0.3, 0.4) is 0 Å². The second kappa shape index (κ2) is 9.45. The number of ether oxygens (including phenoxy) is 2. The lowest BCUT2D eigenvalue weighted by Crippen LogP contribution is -2.35. The molecule has 0 fully saturated rings. The summed E-state index contributed by atoms with van der Waals surface area (Å²) in [6, 6.07) is 13.0. The van der Waals surface area contributed by atoms with Crippen molar-refractivity contribution < 1.29 is 19.1 Å². The number of amides is 2. The van der Waals surface area contributed by atoms with Gasteiger partial charge in [-0.05, 0) is 42.7 Å². The Labute approximate surface area is 171 Å². The summed E-state index contributed by atoms with van der Waals surface area (Å²) in [5.41, 5.74) is 2.60. The van der Waals surface area contributed by atoms with Gasteiger partial charge < -0.3 is 20.1 Å². The maximum Gasteiger partial charge on any atom is 0.251 e. The molecule has 2 amide bonds. The number of carbonyl (C=O) groups is 2. The number of fused-ring (bicyclic) bond motifs is 1. The van der Waals surface area contributed by atoms with Crippen molar-refractivity contribution in [1.29, 1.82) is 0 Å². The number of rotatable bonds is 7. The zero-order chi connectivity index (χ0) is 20.8. The van der Waals surface area contributed by atoms with Crippen LogP contribution in [0, 0.1) is 12.8 Å². The highest BCUT2D eigenvalue weighted by atomic mass is 16.6. The summed E-state index contributed by atoms with van der Waals surface area (Å²) in [6.45, 7) is 7.40. The number of carbonyl (C=O) groups excluding carboxylic acids is 2. The fourth-order valence-electron chi connectivity index (χ4n) is 3.31. The first-order valence-electron chi connectivity index (χ1n) is 9.98. The van der Waals surface area contributed by atoms with Gasteiger partial charge in [-0.3, -0.25) is 9.59 Å². The highest BCUT2D eigenvalue weighted by Gasteiger charge is 2.21. The van der Waals surface area contributed by atoms with E-state index in [2.05, 4.69) is 24.5 Å². The Hall–Kier alpha value is -3.02. The van der Waals surface area contributed by atoms with Crippen molar-refractivity contribution in [3.63, 3.8) is 0 Å². The third-order valence-electron chi connectivity index (χ3n) is 4.83. The molecule has 0 aliphatic carbocycles. The van der Waals surface area contributed by atoms with Gasteiger partial charge in [0, 0.05) is 18.5 Å². The minimum Gasteiger partial charge on any atom is -0.486 e. The van der Waals surface area contributed by atoms with Crippen LogP contribution >= 0.6 is 0 Å². The third-order valence-corrected chi connectivity index (χ3v) is 4.83. The summed E-state index contributed by atoms with van der Waals surface area (Å²) in [6.07, 6.45) is 0.214. The van der Waals surface area contributed by atoms with Gasteiger partial charge in [-0.1, -0.05) is 37.6 Å². The average molecular weight is 396 g/mol. The van der Waals surface area contributed by atoms with E-state index in [-0.39, 0.29) is 36.7 Å². The van der Waals surface area contributed by atoms with Crippen molar-refractivity contribution >= 4 is 11.8 Å². The Morgan fingerprint density at radius 1 is 1.03 bits per heavy atom. The molecule has 0 saturated heterocycles. The molecule has 1 atom stereocenters. The molecule has 0 radical (unpaired) electrons. The van der Waals surface area contributed by atoms with Gasteiger partial charge in [-0.25, -0.2) is 0 Å². The van der Waals surface area contributed by atoms with E-state index in [0.717, 1.165) is 16.9 Å². The predicted molar refractivity (Wildman–Crippen MR) is 111 cm³/mol. The first-order valence-corrected chi connectivity index (χ1v) is 9.98. The van der Waals surface area contributed by atoms with E-state index in [4.69, 9.17) is 9.47 Å². The molecular weight excluding hydrogens is 368 g/mol. The van der Waals surface area contributed by atoms with E-state index in [9.17, 15) is 9.59 Å². The molecule has 0 saturated carbocycles. The Morgan fingerprint density at radius 3 is 2.52 bits per heavy atom. The van der Waals surface area contributed by atoms with Crippen LogP contribution in [0.2, 0.25) is 0 Å². The first-order chi connectivity index (χ1) is 13.9. The van der Waals surface area contributed by atoms with E-state index < -0.39 is 0 Å². The van der Waals surface area contributed by atoms with Crippen LogP contribution in [0.4, 0.5) is 0 Å². The van der Waals surface area contributed by atoms with Crippen LogP contribution in [0.5, 0.6) is 11.5 Å². The van der Waals surface area contributed by atoms with Crippen molar-refractivity contribution in [2.24, 2.45) is 5.92 Å². The Kier molecular flexibility index (Phi) is 6.75. The van der Waals surface area contributed by atoms with Crippen LogP contribution in [0.15, 0.2) is 42.5 Å². The van der Waals surface area contributed by atoms with Crippen molar-refractivity contribution in [2.75, 3.05) is 19.8 Å². The van der Waals surface area contributed by atoms with E-state index in [1.54, 1.807) is 6.07 Å². The molecule has 0 bridgehead atoms. The van der Waals surface area contributed by atoms with Gasteiger partial charge in [0.2, 0.25) is 5.91 Å². The number of aryl methyl sites for hydroxylation is 1. The fraction of sp³-hybridized carbons (Fsp3) is 0.391. The van der Waals surface area contributed by atoms with Crippen molar-refractivity contribution in [3.05, 3.63) is 59.2 Å². The molecule has 1 aliphatic rings. The summed E-state index contributed by atoms with van der Waals surface area (Å²) >= 11 is 0. The molecule has 154 valence electrons. The third kappa shape index (κ3) is 5.50. The molecule has 2 N–H and O–H groups in total. The Morgan fingerprint density at radius 2 is 1.79 bits per heavy atom. The van der Waals surface area contributed by atoms with Crippen LogP contribution < -0.4 is 20.1 Å². The molecule has 3 rings (SSSR count). The summed E-state index contributed by atoms with van der Waals surface area (Å²) in [5, 5.41) is 5.88. The highest BCUT2D eigenvalue weighted by Crippen LogP contribution is 2.34. The molecule has 29 heavy (non-hydrogen) atoms. The summed E-state index contributed by atoms with van der Waals surface area (Å²) in [4.78, 5) is 24.7. The lowest BCUT2D eigenvalue weighted by atomic mass is 9.95. The van der Waals surface area contributed by atoms with E-state index in [1.807, 2.05) is 43.3 Å². The highest BCUT2D eigenvalue weighted by molar-refractivity contribution is 5.94. The molecule has 1 heterocycles. The second-order valence-corrected chi connectivity index (χ2v) is 7.57. The molecule has 1 aliphatic heterocycles. The number of nitrogens with one attached hydrogen (secondary N) is 2. The zero-order valence-corrected chi connectivity index (χ0v) is 17.2. The number of hydrogen-bond acceptors (Lipinski definition) is 4. The van der Waals surface area contributed by atoms with Gasteiger partial charge in [0.1, 0.15) is 13.2 Å². The van der Waals surface area contributed by atoms with Crippen molar-refractivity contribution in [2.45, 2.75) is 33.2 Å². The maximum atomic E-state index is 12.5. The van der Waals surface area contributed by atoms with Crippen LogP contribution in [0.25, 0.3) is 0 Å². The normalized spacial score (nSPS) is 13.7. The van der Waals surface area contributed by atoms with E-state index in [1.165, 1.54) is 0 Å². The van der Waals surface area contributed by atoms with Gasteiger partial charge in [0.25, 0.3) is 5.91 Å². The minimum absolute atomic E-state index is 0.108. The lowest BCUT2D eigenvalue weighted by molar-refractivity contribution is -0.122. The van der Waals surface area contributed by atoms with Gasteiger partial charge in [0.05, 0.1) is 6.04 Å². The summed E-state index contributed by atoms with van der Waals surface area (Å²) < 4.78 is 11.2. The SMILES string of the molecule is Cc1cccc(C(=O)NCCC(=O)NC(c2ccc3c(c2)OCCO3)C(C)C)c1. The fourth-order valence-corrected chi connectivity index (χ4v) is 3.31. The monoisotopic (exact) mass is 396 g/mol. The summed E-state index contributed by atoms with van der Waals surface area (Å²) in [7, 11) is 0. The first kappa shape index (κ1) is 20.7. The van der Waals surface area contributed by atoms with Crippen molar-refractivity contribution in [1.82, 2.24) is 10.6 Å². The van der Waals surface area contributed by atoms with Crippen LogP contribution in [0.1, 0.15) is 47.8 Å². The summed E-state index contributed by atoms with van der Waals surface area (Å²) in [5.74, 6) is 1.35. The Bertz CT molecular complexity index is 879. The molecular formula is C23H28N2O4. The molecule has 1 unspecified atom stereocenters.